The van der Waals surface area contributed by atoms with Gasteiger partial charge in [-0.3, -0.25) is 9.59 Å². The molecule has 2 amide bonds. The van der Waals surface area contributed by atoms with Crippen LogP contribution in [0.2, 0.25) is 5.02 Å². The van der Waals surface area contributed by atoms with Gasteiger partial charge in [-0.1, -0.05) is 31.0 Å². The van der Waals surface area contributed by atoms with Gasteiger partial charge in [0.15, 0.2) is 0 Å². The minimum Gasteiger partial charge on any atom is -0.349 e. The van der Waals surface area contributed by atoms with Gasteiger partial charge in [-0.25, -0.2) is 4.98 Å². The van der Waals surface area contributed by atoms with E-state index in [1.165, 1.54) is 11.3 Å². The highest BCUT2D eigenvalue weighted by Gasteiger charge is 2.61. The van der Waals surface area contributed by atoms with Gasteiger partial charge < -0.3 is 15.2 Å². The molecule has 6 nitrogen and oxygen atoms in total. The number of nitrogens with zero attached hydrogens (tertiary/aromatic N) is 2. The number of halogens is 1. The minimum atomic E-state index is 0.0250. The molecule has 1 aromatic carbocycles. The zero-order valence-electron chi connectivity index (χ0n) is 21.8. The maximum absolute atomic E-state index is 13.5. The van der Waals surface area contributed by atoms with Crippen LogP contribution in [0.1, 0.15) is 71.5 Å². The number of H-pyrrole nitrogens is 1. The van der Waals surface area contributed by atoms with E-state index in [4.69, 9.17) is 11.6 Å². The molecule has 3 fully saturated rings. The number of piperidine rings is 1. The second-order valence-corrected chi connectivity index (χ2v) is 12.8. The molecular weight excluding hydrogens is 472 g/mol. The number of imidazole rings is 1. The van der Waals surface area contributed by atoms with Crippen LogP contribution in [0.4, 0.5) is 0 Å². The average Bonchev–Trinajstić information content (AvgIpc) is 3.40. The smallest absolute Gasteiger partial charge is 0.226 e. The van der Waals surface area contributed by atoms with Gasteiger partial charge in [0, 0.05) is 35.5 Å². The number of likely N-dealkylation sites (tertiary alicyclic amines) is 1. The molecule has 0 bridgehead atoms. The van der Waals surface area contributed by atoms with Gasteiger partial charge in [0.2, 0.25) is 11.8 Å². The molecule has 3 aliphatic carbocycles. The third-order valence-electron chi connectivity index (χ3n) is 10.5. The van der Waals surface area contributed by atoms with Gasteiger partial charge in [0.05, 0.1) is 17.6 Å². The Morgan fingerprint density at radius 2 is 2.03 bits per heavy atom. The summed E-state index contributed by atoms with van der Waals surface area (Å²) in [4.78, 5) is 35.9. The van der Waals surface area contributed by atoms with E-state index in [-0.39, 0.29) is 28.6 Å². The Kier molecular flexibility index (Phi) is 5.56. The van der Waals surface area contributed by atoms with E-state index in [1.807, 2.05) is 30.1 Å². The lowest BCUT2D eigenvalue weighted by Gasteiger charge is -2.59. The van der Waals surface area contributed by atoms with Crippen molar-refractivity contribution in [2.24, 2.45) is 34.5 Å². The van der Waals surface area contributed by atoms with Crippen molar-refractivity contribution in [2.45, 2.75) is 72.3 Å². The van der Waals surface area contributed by atoms with Crippen LogP contribution in [-0.2, 0) is 16.1 Å². The Hall–Kier alpha value is -2.34. The van der Waals surface area contributed by atoms with Crippen LogP contribution in [-0.4, -0.2) is 33.7 Å². The molecule has 4 aliphatic rings. The lowest BCUT2D eigenvalue weighted by molar-refractivity contribution is -0.138. The first kappa shape index (κ1) is 24.0. The molecule has 1 aromatic heterocycles. The van der Waals surface area contributed by atoms with Crippen molar-refractivity contribution in [2.75, 3.05) is 7.05 Å². The fourth-order valence-electron chi connectivity index (χ4n) is 8.95. The van der Waals surface area contributed by atoms with Gasteiger partial charge >= 0.3 is 0 Å². The van der Waals surface area contributed by atoms with Crippen LogP contribution in [0.3, 0.4) is 0 Å². The lowest BCUT2D eigenvalue weighted by Crippen LogP contribution is -2.55. The second kappa shape index (κ2) is 8.34. The molecule has 2 heterocycles. The maximum atomic E-state index is 13.5. The molecule has 2 N–H and O–H groups in total. The molecule has 0 spiro atoms. The molecule has 6 atom stereocenters. The number of allylic oxidation sites excluding steroid dienone is 2. The fourth-order valence-corrected chi connectivity index (χ4v) is 9.12. The number of rotatable bonds is 3. The van der Waals surface area contributed by atoms with Gasteiger partial charge in [0.1, 0.15) is 5.82 Å². The Labute approximate surface area is 218 Å². The highest BCUT2D eigenvalue weighted by atomic mass is 35.5. The van der Waals surface area contributed by atoms with Crippen molar-refractivity contribution in [1.82, 2.24) is 20.2 Å². The number of nitrogens with one attached hydrogen (secondary N) is 2. The first-order valence-electron chi connectivity index (χ1n) is 13.5. The number of aromatic amines is 1. The third kappa shape index (κ3) is 3.47. The Morgan fingerprint density at radius 1 is 1.22 bits per heavy atom. The van der Waals surface area contributed by atoms with E-state index in [9.17, 15) is 9.59 Å². The van der Waals surface area contributed by atoms with Crippen molar-refractivity contribution in [1.29, 1.82) is 0 Å². The predicted molar refractivity (Wildman–Crippen MR) is 141 cm³/mol. The van der Waals surface area contributed by atoms with E-state index in [0.29, 0.717) is 35.7 Å². The van der Waals surface area contributed by atoms with Crippen LogP contribution in [0.15, 0.2) is 29.5 Å². The summed E-state index contributed by atoms with van der Waals surface area (Å²) in [5.74, 6) is 2.95. The molecule has 2 aromatic rings. The van der Waals surface area contributed by atoms with Crippen molar-refractivity contribution in [3.05, 3.63) is 40.3 Å². The standard InChI is InChI=1S/C29H37ClN4O2/c1-16-13-18-19-6-7-21(27(36)31-15-24-32-22-8-5-17(30)14-23(22)33-24)28(19,2)11-9-20(18)29(3)12-10-25(35)34(4)26(16)29/h5,8,14,18-21H,6-7,9-13,15H2,1-4H3,(H,31,36)(H,32,33)/t18-,19-,20+,21?,28-,29+/m0/s1. The largest absolute Gasteiger partial charge is 0.349 e. The van der Waals surface area contributed by atoms with E-state index in [0.717, 1.165) is 55.4 Å². The van der Waals surface area contributed by atoms with E-state index in [1.54, 1.807) is 0 Å². The molecule has 1 aliphatic heterocycles. The van der Waals surface area contributed by atoms with Crippen LogP contribution in [0, 0.1) is 34.5 Å². The zero-order chi connectivity index (χ0) is 25.4. The minimum absolute atomic E-state index is 0.0250. The van der Waals surface area contributed by atoms with Gasteiger partial charge in [-0.2, -0.15) is 0 Å². The Balaban J connectivity index is 1.20. The van der Waals surface area contributed by atoms with Gasteiger partial charge in [-0.15, -0.1) is 0 Å². The summed E-state index contributed by atoms with van der Waals surface area (Å²) in [6, 6.07) is 5.59. The molecule has 36 heavy (non-hydrogen) atoms. The number of amides is 2. The SMILES string of the molecule is CC1=C2N(C)C(=O)CC[C@]2(C)[C@@H]2CC[C@]3(C)C(C(=O)NCc4nc5ccc(Cl)cc5[nH]4)CC[C@H]3[C@@H]2C1. The summed E-state index contributed by atoms with van der Waals surface area (Å²) in [6.45, 7) is 7.43. The monoisotopic (exact) mass is 508 g/mol. The number of fused-ring (bicyclic) bond motifs is 6. The van der Waals surface area contributed by atoms with Gasteiger partial charge in [0.25, 0.3) is 0 Å². The number of carbonyl (C=O) groups is 2. The molecule has 2 saturated carbocycles. The van der Waals surface area contributed by atoms with Crippen LogP contribution < -0.4 is 5.32 Å². The molecular formula is C29H37ClN4O2. The van der Waals surface area contributed by atoms with Crippen molar-refractivity contribution >= 4 is 34.4 Å². The second-order valence-electron chi connectivity index (χ2n) is 12.3. The molecule has 1 unspecified atom stereocenters. The summed E-state index contributed by atoms with van der Waals surface area (Å²) in [7, 11) is 1.97. The Morgan fingerprint density at radius 3 is 2.83 bits per heavy atom. The number of hydrogen-bond donors (Lipinski definition) is 2. The molecule has 7 heteroatoms. The normalized spacial score (nSPS) is 36.0. The quantitative estimate of drug-likeness (QED) is 0.547. The molecule has 1 saturated heterocycles. The van der Waals surface area contributed by atoms with E-state index in [2.05, 4.69) is 36.1 Å². The highest BCUT2D eigenvalue weighted by molar-refractivity contribution is 6.31. The number of aromatic nitrogens is 2. The van der Waals surface area contributed by atoms with Gasteiger partial charge in [-0.05, 0) is 86.8 Å². The van der Waals surface area contributed by atoms with Crippen molar-refractivity contribution in [3.8, 4) is 0 Å². The summed E-state index contributed by atoms with van der Waals surface area (Å²) >= 11 is 6.10. The first-order valence-corrected chi connectivity index (χ1v) is 13.9. The fraction of sp³-hybridized carbons (Fsp3) is 0.621. The van der Waals surface area contributed by atoms with Crippen LogP contribution in [0.25, 0.3) is 11.0 Å². The topological polar surface area (TPSA) is 78.1 Å². The van der Waals surface area contributed by atoms with Crippen molar-refractivity contribution < 1.29 is 9.59 Å². The number of benzene rings is 1. The zero-order valence-corrected chi connectivity index (χ0v) is 22.5. The van der Waals surface area contributed by atoms with Crippen LogP contribution >= 0.6 is 11.6 Å². The summed E-state index contributed by atoms with van der Waals surface area (Å²) in [6.07, 6.45) is 6.96. The molecule has 192 valence electrons. The predicted octanol–water partition coefficient (Wildman–Crippen LogP) is 5.83. The summed E-state index contributed by atoms with van der Waals surface area (Å²) < 4.78 is 0. The number of carbonyl (C=O) groups excluding carboxylic acids is 2. The van der Waals surface area contributed by atoms with E-state index >= 15 is 0 Å². The number of hydrogen-bond acceptors (Lipinski definition) is 3. The van der Waals surface area contributed by atoms with Crippen molar-refractivity contribution in [3.63, 3.8) is 0 Å². The highest BCUT2D eigenvalue weighted by Crippen LogP contribution is 2.66. The average molecular weight is 509 g/mol. The third-order valence-corrected chi connectivity index (χ3v) is 10.8. The Bertz CT molecular complexity index is 1280. The summed E-state index contributed by atoms with van der Waals surface area (Å²) in [5.41, 5.74) is 4.53. The molecule has 6 rings (SSSR count). The van der Waals surface area contributed by atoms with E-state index < -0.39 is 0 Å². The lowest BCUT2D eigenvalue weighted by atomic mass is 9.48. The maximum Gasteiger partial charge on any atom is 0.226 e. The first-order chi connectivity index (χ1) is 17.1. The summed E-state index contributed by atoms with van der Waals surface area (Å²) in [5, 5.41) is 3.87. The molecule has 0 radical (unpaired) electrons. The van der Waals surface area contributed by atoms with Crippen LogP contribution in [0.5, 0.6) is 0 Å².